The Morgan fingerprint density at radius 1 is 1.12 bits per heavy atom. The number of anilines is 2. The summed E-state index contributed by atoms with van der Waals surface area (Å²) in [6.45, 7) is 3.45. The molecule has 0 fully saturated rings. The van der Waals surface area contributed by atoms with E-state index in [0.29, 0.717) is 17.2 Å². The summed E-state index contributed by atoms with van der Waals surface area (Å²) in [4.78, 5) is 8.23. The fourth-order valence-corrected chi connectivity index (χ4v) is 3.60. The van der Waals surface area contributed by atoms with Crippen LogP contribution in [0.4, 0.5) is 20.4 Å². The molecule has 4 rings (SSSR count). The highest BCUT2D eigenvalue weighted by molar-refractivity contribution is 6.31. The first kappa shape index (κ1) is 21.4. The fourth-order valence-electron chi connectivity index (χ4n) is 3.40. The second-order valence-corrected chi connectivity index (χ2v) is 7.40. The Hall–Kier alpha value is -3.84. The first-order chi connectivity index (χ1) is 15.3. The van der Waals surface area contributed by atoms with Crippen molar-refractivity contribution in [1.29, 1.82) is 5.26 Å². The first-order valence-electron chi connectivity index (χ1n) is 9.47. The number of alkyl halides is 2. The van der Waals surface area contributed by atoms with E-state index >= 15 is 0 Å². The summed E-state index contributed by atoms with van der Waals surface area (Å²) < 4.78 is 29.7. The van der Waals surface area contributed by atoms with Gasteiger partial charge in [-0.2, -0.15) is 15.5 Å². The van der Waals surface area contributed by atoms with Crippen LogP contribution in [-0.2, 0) is 7.05 Å². The van der Waals surface area contributed by atoms with Gasteiger partial charge in [0.15, 0.2) is 11.6 Å². The molecule has 0 aliphatic rings. The zero-order valence-corrected chi connectivity index (χ0v) is 18.1. The number of hydrogen-bond acceptors (Lipinski definition) is 6. The van der Waals surface area contributed by atoms with Gasteiger partial charge in [-0.05, 0) is 26.0 Å². The van der Waals surface area contributed by atoms with Crippen LogP contribution in [0.1, 0.15) is 28.9 Å². The van der Waals surface area contributed by atoms with Gasteiger partial charge in [0.2, 0.25) is 0 Å². The van der Waals surface area contributed by atoms with Crippen LogP contribution in [-0.4, -0.2) is 29.5 Å². The van der Waals surface area contributed by atoms with Crippen LogP contribution in [0.15, 0.2) is 36.7 Å². The number of nitriles is 1. The van der Waals surface area contributed by atoms with Gasteiger partial charge in [-0.25, -0.2) is 23.4 Å². The maximum atomic E-state index is 13.5. The molecule has 11 heteroatoms. The third-order valence-electron chi connectivity index (χ3n) is 4.91. The lowest BCUT2D eigenvalue weighted by atomic mass is 10.1. The van der Waals surface area contributed by atoms with Crippen LogP contribution in [0.2, 0.25) is 5.02 Å². The number of nitrogens with zero attached hydrogens (tertiary/aromatic N) is 7. The predicted molar refractivity (Wildman–Crippen MR) is 115 cm³/mol. The maximum Gasteiger partial charge on any atom is 0.282 e. The van der Waals surface area contributed by atoms with Crippen molar-refractivity contribution in [3.63, 3.8) is 0 Å². The van der Waals surface area contributed by atoms with E-state index < -0.39 is 12.1 Å². The summed E-state index contributed by atoms with van der Waals surface area (Å²) in [5.74, 6) is 1.04. The molecule has 0 unspecified atom stereocenters. The van der Waals surface area contributed by atoms with Crippen molar-refractivity contribution in [3.8, 4) is 23.1 Å². The van der Waals surface area contributed by atoms with Crippen molar-refractivity contribution in [3.05, 3.63) is 64.2 Å². The Kier molecular flexibility index (Phi) is 5.59. The number of halogens is 3. The SMILES string of the molecule is Cc1nn(-c2cc(Nc3nn(C)c(-c4ccc(C#N)cc4)c3C)ncn2)c(C(F)F)c1Cl. The Balaban J connectivity index is 1.68. The van der Waals surface area contributed by atoms with E-state index in [2.05, 4.69) is 31.6 Å². The third kappa shape index (κ3) is 3.78. The quantitative estimate of drug-likeness (QED) is 0.461. The van der Waals surface area contributed by atoms with Gasteiger partial charge in [-0.15, -0.1) is 0 Å². The molecule has 0 spiro atoms. The van der Waals surface area contributed by atoms with Crippen LogP contribution >= 0.6 is 11.6 Å². The lowest BCUT2D eigenvalue weighted by Crippen LogP contribution is -2.07. The van der Waals surface area contributed by atoms with Crippen molar-refractivity contribution in [2.75, 3.05) is 5.32 Å². The molecule has 8 nitrogen and oxygen atoms in total. The molecule has 0 bridgehead atoms. The van der Waals surface area contributed by atoms with Gasteiger partial charge in [0.05, 0.1) is 28.0 Å². The van der Waals surface area contributed by atoms with Crippen LogP contribution in [0.3, 0.4) is 0 Å². The van der Waals surface area contributed by atoms with E-state index in [1.165, 1.54) is 12.4 Å². The van der Waals surface area contributed by atoms with Gasteiger partial charge >= 0.3 is 0 Å². The smallest absolute Gasteiger partial charge is 0.282 e. The van der Waals surface area contributed by atoms with Crippen molar-refractivity contribution < 1.29 is 8.78 Å². The van der Waals surface area contributed by atoms with Gasteiger partial charge in [-0.1, -0.05) is 23.7 Å². The third-order valence-corrected chi connectivity index (χ3v) is 5.38. The summed E-state index contributed by atoms with van der Waals surface area (Å²) in [6.07, 6.45) is -1.57. The summed E-state index contributed by atoms with van der Waals surface area (Å²) >= 11 is 5.99. The molecule has 3 heterocycles. The predicted octanol–water partition coefficient (Wildman–Crippen LogP) is 4.89. The average molecular weight is 455 g/mol. The van der Waals surface area contributed by atoms with Crippen LogP contribution in [0, 0.1) is 25.2 Å². The second-order valence-electron chi connectivity index (χ2n) is 7.02. The van der Waals surface area contributed by atoms with Crippen molar-refractivity contribution >= 4 is 23.2 Å². The molecule has 0 aliphatic heterocycles. The van der Waals surface area contributed by atoms with Gasteiger partial charge in [-0.3, -0.25) is 4.68 Å². The Bertz CT molecular complexity index is 1340. The maximum absolute atomic E-state index is 13.5. The van der Waals surface area contributed by atoms with Gasteiger partial charge in [0, 0.05) is 24.2 Å². The monoisotopic (exact) mass is 454 g/mol. The molecule has 0 aliphatic carbocycles. The highest BCUT2D eigenvalue weighted by atomic mass is 35.5. The number of benzene rings is 1. The summed E-state index contributed by atoms with van der Waals surface area (Å²) in [6, 6.07) is 10.8. The number of rotatable bonds is 5. The van der Waals surface area contributed by atoms with Crippen molar-refractivity contribution in [2.24, 2.45) is 7.05 Å². The standard InChI is InChI=1S/C21H17ClF2N8/c1-11-18(14-6-4-13(9-25)5-7-14)31(3)30-21(11)28-15-8-16(27-10-26-15)32-19(20(23)24)17(22)12(2)29-32/h4-8,10,20H,1-3H3,(H,26,27,28,30). The molecule has 4 aromatic rings. The molecule has 1 N–H and O–H groups in total. The number of nitrogens with one attached hydrogen (secondary N) is 1. The summed E-state index contributed by atoms with van der Waals surface area (Å²) in [7, 11) is 1.81. The molecular weight excluding hydrogens is 438 g/mol. The van der Waals surface area contributed by atoms with Gasteiger partial charge in [0.1, 0.15) is 17.8 Å². The van der Waals surface area contributed by atoms with E-state index in [9.17, 15) is 8.78 Å². The molecule has 0 atom stereocenters. The topological polar surface area (TPSA) is 97.2 Å². The minimum Gasteiger partial charge on any atom is -0.323 e. The summed E-state index contributed by atoms with van der Waals surface area (Å²) in [5.41, 5.74) is 3.03. The van der Waals surface area contributed by atoms with Crippen molar-refractivity contribution in [2.45, 2.75) is 20.3 Å². The Labute approximate surface area is 187 Å². The lowest BCUT2D eigenvalue weighted by Gasteiger charge is -2.08. The number of hydrogen-bond donors (Lipinski definition) is 1. The molecule has 0 amide bonds. The second kappa shape index (κ2) is 8.36. The normalized spacial score (nSPS) is 11.1. The van der Waals surface area contributed by atoms with E-state index in [1.54, 1.807) is 30.8 Å². The summed E-state index contributed by atoms with van der Waals surface area (Å²) in [5, 5.41) is 20.6. The minimum atomic E-state index is -2.82. The molecule has 1 aromatic carbocycles. The first-order valence-corrected chi connectivity index (χ1v) is 9.84. The number of aromatic nitrogens is 6. The van der Waals surface area contributed by atoms with E-state index in [4.69, 9.17) is 16.9 Å². The van der Waals surface area contributed by atoms with E-state index in [-0.39, 0.29) is 16.5 Å². The molecule has 0 saturated heterocycles. The Morgan fingerprint density at radius 3 is 2.50 bits per heavy atom. The van der Waals surface area contributed by atoms with Crippen molar-refractivity contribution in [1.82, 2.24) is 29.5 Å². The highest BCUT2D eigenvalue weighted by Crippen LogP contribution is 2.32. The molecule has 3 aromatic heterocycles. The van der Waals surface area contributed by atoms with Crippen LogP contribution in [0.25, 0.3) is 17.1 Å². The highest BCUT2D eigenvalue weighted by Gasteiger charge is 2.24. The molecule has 162 valence electrons. The van der Waals surface area contributed by atoms with Gasteiger partial charge < -0.3 is 5.32 Å². The molecule has 32 heavy (non-hydrogen) atoms. The Morgan fingerprint density at radius 2 is 1.84 bits per heavy atom. The van der Waals surface area contributed by atoms with Crippen LogP contribution in [0.5, 0.6) is 0 Å². The minimum absolute atomic E-state index is 0.0965. The molecular formula is C21H17ClF2N8. The van der Waals surface area contributed by atoms with E-state index in [1.807, 2.05) is 19.1 Å². The number of aryl methyl sites for hydroxylation is 2. The molecule has 0 saturated carbocycles. The molecule has 0 radical (unpaired) electrons. The fraction of sp³-hybridized carbons (Fsp3) is 0.190. The van der Waals surface area contributed by atoms with Crippen LogP contribution < -0.4 is 5.32 Å². The van der Waals surface area contributed by atoms with E-state index in [0.717, 1.165) is 21.5 Å². The lowest BCUT2D eigenvalue weighted by molar-refractivity contribution is 0.142. The zero-order valence-electron chi connectivity index (χ0n) is 17.3. The largest absolute Gasteiger partial charge is 0.323 e. The zero-order chi connectivity index (χ0) is 23.0. The average Bonchev–Trinajstić information content (AvgIpc) is 3.23. The van der Waals surface area contributed by atoms with Gasteiger partial charge in [0.25, 0.3) is 6.43 Å².